The topological polar surface area (TPSA) is 88.6 Å². The Hall–Kier alpha value is -3.92. The Morgan fingerprint density at radius 3 is 2.86 bits per heavy atom. The van der Waals surface area contributed by atoms with Gasteiger partial charge in [-0.05, 0) is 49.2 Å². The van der Waals surface area contributed by atoms with Crippen molar-refractivity contribution in [2.45, 2.75) is 18.8 Å². The highest BCUT2D eigenvalue weighted by Gasteiger charge is 2.28. The Bertz CT molecular complexity index is 1250. The van der Waals surface area contributed by atoms with E-state index in [4.69, 9.17) is 15.0 Å². The second-order valence-electron chi connectivity index (χ2n) is 7.09. The van der Waals surface area contributed by atoms with E-state index in [2.05, 4.69) is 39.0 Å². The molecule has 0 aliphatic heterocycles. The van der Waals surface area contributed by atoms with Crippen LogP contribution in [0.25, 0.3) is 11.0 Å². The molecule has 0 amide bonds. The second-order valence-corrected chi connectivity index (χ2v) is 7.09. The highest BCUT2D eigenvalue weighted by Crippen LogP contribution is 2.40. The minimum absolute atomic E-state index is 0.396. The zero-order valence-corrected chi connectivity index (χ0v) is 15.8. The Balaban J connectivity index is 1.37. The van der Waals surface area contributed by atoms with Gasteiger partial charge in [0.25, 0.3) is 0 Å². The van der Waals surface area contributed by atoms with Crippen LogP contribution < -0.4 is 10.1 Å². The summed E-state index contributed by atoms with van der Waals surface area (Å²) >= 11 is 0. The molecule has 1 fully saturated rings. The number of hydrogen-bond acceptors (Lipinski definition) is 6. The molecule has 0 unspecified atom stereocenters. The Labute approximate surface area is 167 Å². The van der Waals surface area contributed by atoms with Crippen molar-refractivity contribution in [2.75, 3.05) is 5.32 Å². The molecule has 0 bridgehead atoms. The summed E-state index contributed by atoms with van der Waals surface area (Å²) in [5.74, 6) is 3.13. The van der Waals surface area contributed by atoms with Crippen LogP contribution in [0.2, 0.25) is 0 Å². The third-order valence-electron chi connectivity index (χ3n) is 4.93. The van der Waals surface area contributed by atoms with Crippen molar-refractivity contribution < 1.29 is 4.74 Å². The summed E-state index contributed by atoms with van der Waals surface area (Å²) in [5.41, 5.74) is 3.47. The molecule has 1 N–H and O–H groups in total. The first kappa shape index (κ1) is 17.2. The monoisotopic (exact) mass is 382 g/mol. The normalized spacial score (nSPS) is 13.2. The number of aromatic nitrogens is 4. The zero-order chi connectivity index (χ0) is 19.8. The van der Waals surface area contributed by atoms with Gasteiger partial charge < -0.3 is 14.6 Å². The van der Waals surface area contributed by atoms with Gasteiger partial charge in [0.15, 0.2) is 0 Å². The summed E-state index contributed by atoms with van der Waals surface area (Å²) < 4.78 is 7.94. The molecule has 2 aromatic carbocycles. The van der Waals surface area contributed by atoms with Gasteiger partial charge in [0.05, 0.1) is 22.7 Å². The van der Waals surface area contributed by atoms with Crippen LogP contribution >= 0.6 is 0 Å². The van der Waals surface area contributed by atoms with E-state index in [1.165, 1.54) is 12.8 Å². The third kappa shape index (κ3) is 3.48. The quantitative estimate of drug-likeness (QED) is 0.540. The van der Waals surface area contributed by atoms with Crippen LogP contribution in [0, 0.1) is 11.3 Å². The predicted octanol–water partition coefficient (Wildman–Crippen LogP) is 4.65. The highest BCUT2D eigenvalue weighted by atomic mass is 16.5. The molecule has 29 heavy (non-hydrogen) atoms. The number of fused-ring (bicyclic) bond motifs is 1. The van der Waals surface area contributed by atoms with Gasteiger partial charge in [-0.1, -0.05) is 6.07 Å². The third-order valence-corrected chi connectivity index (χ3v) is 4.93. The number of nitrogens with zero attached hydrogens (tertiary/aromatic N) is 5. The van der Waals surface area contributed by atoms with Crippen LogP contribution in [0.5, 0.6) is 11.6 Å². The van der Waals surface area contributed by atoms with E-state index in [1.54, 1.807) is 36.5 Å². The van der Waals surface area contributed by atoms with Crippen molar-refractivity contribution in [3.63, 3.8) is 0 Å². The van der Waals surface area contributed by atoms with Gasteiger partial charge in [-0.3, -0.25) is 0 Å². The minimum atomic E-state index is 0.396. The van der Waals surface area contributed by atoms with Crippen LogP contribution in [-0.4, -0.2) is 19.5 Å². The lowest BCUT2D eigenvalue weighted by Gasteiger charge is -2.08. The van der Waals surface area contributed by atoms with Crippen LogP contribution in [0.15, 0.2) is 54.7 Å². The van der Waals surface area contributed by atoms with E-state index >= 15 is 0 Å². The highest BCUT2D eigenvalue weighted by molar-refractivity contribution is 5.81. The van der Waals surface area contributed by atoms with E-state index in [0.29, 0.717) is 29.1 Å². The van der Waals surface area contributed by atoms with Gasteiger partial charge in [-0.2, -0.15) is 10.2 Å². The van der Waals surface area contributed by atoms with Crippen molar-refractivity contribution in [1.82, 2.24) is 19.5 Å². The second kappa shape index (κ2) is 6.91. The summed E-state index contributed by atoms with van der Waals surface area (Å²) in [5, 5.41) is 12.2. The molecule has 1 aliphatic rings. The molecule has 0 radical (unpaired) electrons. The van der Waals surface area contributed by atoms with E-state index in [9.17, 15) is 0 Å². The van der Waals surface area contributed by atoms with Gasteiger partial charge in [-0.15, -0.1) is 0 Å². The molecule has 0 atom stereocenters. The molecule has 142 valence electrons. The average Bonchev–Trinajstić information content (AvgIpc) is 3.52. The van der Waals surface area contributed by atoms with E-state index in [0.717, 1.165) is 22.5 Å². The van der Waals surface area contributed by atoms with Gasteiger partial charge in [0.1, 0.15) is 11.6 Å². The van der Waals surface area contributed by atoms with Crippen LogP contribution in [0.3, 0.4) is 0 Å². The van der Waals surface area contributed by atoms with Crippen molar-refractivity contribution in [2.24, 2.45) is 7.05 Å². The van der Waals surface area contributed by atoms with Crippen molar-refractivity contribution in [3.8, 4) is 17.7 Å². The molecule has 1 aliphatic carbocycles. The molecular weight excluding hydrogens is 364 g/mol. The van der Waals surface area contributed by atoms with E-state index < -0.39 is 0 Å². The number of hydrogen-bond donors (Lipinski definition) is 1. The minimum Gasteiger partial charge on any atom is -0.439 e. The molecule has 7 heteroatoms. The molecule has 0 saturated heterocycles. The average molecular weight is 382 g/mol. The first-order valence-corrected chi connectivity index (χ1v) is 9.44. The Kier molecular flexibility index (Phi) is 4.10. The lowest BCUT2D eigenvalue weighted by molar-refractivity contribution is 0.462. The summed E-state index contributed by atoms with van der Waals surface area (Å²) in [7, 11) is 2.07. The smallest absolute Gasteiger partial charge is 0.230 e. The summed E-state index contributed by atoms with van der Waals surface area (Å²) in [6.07, 6.45) is 4.07. The number of aryl methyl sites for hydroxylation is 1. The summed E-state index contributed by atoms with van der Waals surface area (Å²) in [6.45, 7) is 0. The number of anilines is 2. The van der Waals surface area contributed by atoms with Gasteiger partial charge in [0.2, 0.25) is 11.8 Å². The lowest BCUT2D eigenvalue weighted by atomic mass is 10.2. The van der Waals surface area contributed by atoms with Gasteiger partial charge >= 0.3 is 0 Å². The van der Waals surface area contributed by atoms with Crippen LogP contribution in [0.1, 0.15) is 30.1 Å². The van der Waals surface area contributed by atoms with Crippen molar-refractivity contribution in [1.29, 1.82) is 5.26 Å². The van der Waals surface area contributed by atoms with E-state index in [-0.39, 0.29) is 0 Å². The summed E-state index contributed by atoms with van der Waals surface area (Å²) in [6, 6.07) is 16.8. The van der Waals surface area contributed by atoms with E-state index in [1.807, 2.05) is 12.1 Å². The molecule has 2 heterocycles. The fourth-order valence-corrected chi connectivity index (χ4v) is 3.34. The largest absolute Gasteiger partial charge is 0.439 e. The number of imidazole rings is 1. The fraction of sp³-hybridized carbons (Fsp3) is 0.182. The first-order chi connectivity index (χ1) is 14.2. The SMILES string of the molecule is Cn1c(C2CC2)nc2cc(Nc3nccc(Oc4cccc(C#N)c4)n3)ccc21. The van der Waals surface area contributed by atoms with Crippen LogP contribution in [-0.2, 0) is 7.05 Å². The molecule has 0 spiro atoms. The fourth-order valence-electron chi connectivity index (χ4n) is 3.34. The number of benzene rings is 2. The zero-order valence-electron chi connectivity index (χ0n) is 15.8. The number of rotatable bonds is 5. The predicted molar refractivity (Wildman–Crippen MR) is 109 cm³/mol. The maximum atomic E-state index is 9.02. The van der Waals surface area contributed by atoms with Crippen molar-refractivity contribution >= 4 is 22.7 Å². The van der Waals surface area contributed by atoms with Gasteiger partial charge in [0, 0.05) is 30.9 Å². The van der Waals surface area contributed by atoms with Crippen molar-refractivity contribution in [3.05, 3.63) is 66.1 Å². The molecule has 2 aromatic heterocycles. The Morgan fingerprint density at radius 1 is 1.14 bits per heavy atom. The molecule has 7 nitrogen and oxygen atoms in total. The molecule has 1 saturated carbocycles. The molecular formula is C22H18N6O. The standard InChI is InChI=1S/C22H18N6O/c1-28-19-8-7-16(12-18(19)26-21(28)15-5-6-15)25-22-24-10-9-20(27-22)29-17-4-2-3-14(11-17)13-23/h2-4,7-12,15H,5-6H2,1H3,(H,24,25,27). The summed E-state index contributed by atoms with van der Waals surface area (Å²) in [4.78, 5) is 13.5. The lowest BCUT2D eigenvalue weighted by Crippen LogP contribution is -1.98. The molecule has 5 rings (SSSR count). The van der Waals surface area contributed by atoms with Gasteiger partial charge in [-0.25, -0.2) is 9.97 Å². The Morgan fingerprint density at radius 2 is 2.03 bits per heavy atom. The number of nitrogens with one attached hydrogen (secondary N) is 1. The maximum Gasteiger partial charge on any atom is 0.230 e. The number of nitriles is 1. The first-order valence-electron chi connectivity index (χ1n) is 9.44. The maximum absolute atomic E-state index is 9.02. The number of ether oxygens (including phenoxy) is 1. The molecule has 4 aromatic rings. The van der Waals surface area contributed by atoms with Crippen LogP contribution in [0.4, 0.5) is 11.6 Å².